The Morgan fingerprint density at radius 3 is 1.32 bits per heavy atom. The number of hydrogen-bond donors (Lipinski definition) is 0. The fourth-order valence-electron chi connectivity index (χ4n) is 8.35. The Kier molecular flexibility index (Phi) is 9.67. The minimum Gasteiger partial charge on any atom is -0.271 e. The van der Waals surface area contributed by atoms with Crippen molar-refractivity contribution in [2.75, 3.05) is 0 Å². The average molecular weight is 670 g/mol. The number of hydrogen-bond acceptors (Lipinski definition) is 5. The molecule has 4 amide bonds. The fraction of sp³-hybridized carbons (Fsp3) is 0.419. The molecule has 2 aliphatic heterocycles. The zero-order chi connectivity index (χ0) is 34.9. The van der Waals surface area contributed by atoms with E-state index in [0.717, 1.165) is 121 Å². The van der Waals surface area contributed by atoms with Gasteiger partial charge in [0.05, 0.1) is 11.1 Å². The number of nitrogens with zero attached hydrogens (tertiary/aromatic N) is 3. The van der Waals surface area contributed by atoms with Crippen LogP contribution in [0.15, 0.2) is 53.6 Å². The van der Waals surface area contributed by atoms with Gasteiger partial charge in [0.1, 0.15) is 0 Å². The van der Waals surface area contributed by atoms with Gasteiger partial charge in [-0.3, -0.25) is 24.1 Å². The summed E-state index contributed by atoms with van der Waals surface area (Å²) in [7, 11) is 0. The summed E-state index contributed by atoms with van der Waals surface area (Å²) < 4.78 is 0. The maximum Gasteiger partial charge on any atom is 0.282 e. The molecule has 50 heavy (non-hydrogen) atoms. The van der Waals surface area contributed by atoms with Gasteiger partial charge in [-0.25, -0.2) is 0 Å². The number of rotatable bonds is 16. The smallest absolute Gasteiger partial charge is 0.271 e. The predicted molar refractivity (Wildman–Crippen MR) is 203 cm³/mol. The molecule has 0 saturated carbocycles. The lowest BCUT2D eigenvalue weighted by atomic mass is 9.82. The summed E-state index contributed by atoms with van der Waals surface area (Å²) in [5.74, 6) is -1.26. The predicted octanol–water partition coefficient (Wildman–Crippen LogP) is 10.8. The molecule has 5 aromatic carbocycles. The number of unbranched alkanes of at least 4 members (excludes halogenated alkanes) is 9. The summed E-state index contributed by atoms with van der Waals surface area (Å²) in [5, 5.41) is 12.0. The molecule has 2 aliphatic rings. The number of benzene rings is 5. The minimum atomic E-state index is -0.427. The zero-order valence-electron chi connectivity index (χ0n) is 29.6. The van der Waals surface area contributed by atoms with Crippen LogP contribution in [-0.4, -0.2) is 45.8 Å². The molecule has 5 aromatic rings. The molecular weight excluding hydrogens is 622 g/mol. The molecule has 0 bridgehead atoms. The maximum atomic E-state index is 14.4. The van der Waals surface area contributed by atoms with Crippen molar-refractivity contribution >= 4 is 72.9 Å². The van der Waals surface area contributed by atoms with Crippen molar-refractivity contribution in [2.45, 2.75) is 117 Å². The summed E-state index contributed by atoms with van der Waals surface area (Å²) >= 11 is 0. The molecule has 0 radical (unpaired) electrons. The van der Waals surface area contributed by atoms with Crippen LogP contribution in [0.4, 0.5) is 0 Å². The number of fused-ring (bicyclic) bond motifs is 2. The summed E-state index contributed by atoms with van der Waals surface area (Å²) in [6.07, 6.45) is 15.9. The molecule has 0 atom stereocenters. The van der Waals surface area contributed by atoms with E-state index in [2.05, 4.69) is 25.9 Å². The van der Waals surface area contributed by atoms with E-state index in [1.807, 2.05) is 36.4 Å². The Bertz CT molecular complexity index is 2030. The van der Waals surface area contributed by atoms with Gasteiger partial charge in [0.15, 0.2) is 0 Å². The monoisotopic (exact) mass is 669 g/mol. The molecule has 7 heteroatoms. The van der Waals surface area contributed by atoms with Crippen molar-refractivity contribution in [2.24, 2.45) is 5.10 Å². The lowest BCUT2D eigenvalue weighted by molar-refractivity contribution is 0.0515. The Morgan fingerprint density at radius 1 is 0.500 bits per heavy atom. The molecular formula is C43H47N3O4. The standard InChI is InChI=1S/C43H47N3O4/c1-4-7-10-13-16-27(17-14-11-8-5-2)45-40(47)32-22-18-28-30-20-24-34-39-35(43(50)46(42(34)49)44-26-15-12-9-6-3)25-21-31(37(30)39)29-19-23-33(41(45)48)38(32)36(28)29/h18-27H,4-17H2,1-3H3/b44-26+. The summed E-state index contributed by atoms with van der Waals surface area (Å²) in [5.41, 5.74) is 2.04. The van der Waals surface area contributed by atoms with Crippen molar-refractivity contribution in [1.82, 2.24) is 9.91 Å². The minimum absolute atomic E-state index is 0.119. The maximum absolute atomic E-state index is 14.4. The quantitative estimate of drug-likeness (QED) is 0.0344. The molecule has 0 aromatic heterocycles. The van der Waals surface area contributed by atoms with Crippen molar-refractivity contribution in [3.05, 3.63) is 70.8 Å². The number of hydrazone groups is 1. The first kappa shape index (κ1) is 33.8. The SMILES string of the molecule is CCCCC/C=N/N1C(=O)c2ccc3c4ccc5c6c(ccc(c7ccc(c2c37)C1=O)c64)C(=O)N(C(CCCCCC)CCCCCC)C5=O. The van der Waals surface area contributed by atoms with Gasteiger partial charge in [-0.1, -0.05) is 109 Å². The van der Waals surface area contributed by atoms with Gasteiger partial charge in [-0.15, -0.1) is 0 Å². The van der Waals surface area contributed by atoms with Crippen LogP contribution in [0.25, 0.3) is 43.1 Å². The van der Waals surface area contributed by atoms with Crippen molar-refractivity contribution in [1.29, 1.82) is 0 Å². The third-order valence-electron chi connectivity index (χ3n) is 10.9. The van der Waals surface area contributed by atoms with Gasteiger partial charge in [-0.05, 0) is 82.3 Å². The first-order valence-electron chi connectivity index (χ1n) is 18.9. The molecule has 0 unspecified atom stereocenters. The highest BCUT2D eigenvalue weighted by Gasteiger charge is 2.39. The van der Waals surface area contributed by atoms with Gasteiger partial charge in [0.2, 0.25) is 0 Å². The summed E-state index contributed by atoms with van der Waals surface area (Å²) in [6.45, 7) is 6.52. The first-order valence-corrected chi connectivity index (χ1v) is 18.9. The number of carbonyl (C=O) groups excluding carboxylic acids is 4. The van der Waals surface area contributed by atoms with E-state index in [4.69, 9.17) is 0 Å². The van der Waals surface area contributed by atoms with Crippen LogP contribution in [0, 0.1) is 0 Å². The highest BCUT2D eigenvalue weighted by molar-refractivity contribution is 6.41. The Hall–Kier alpha value is -4.65. The van der Waals surface area contributed by atoms with Gasteiger partial charge < -0.3 is 0 Å². The Labute approximate surface area is 294 Å². The van der Waals surface area contributed by atoms with Gasteiger partial charge in [0, 0.05) is 34.2 Å². The van der Waals surface area contributed by atoms with E-state index < -0.39 is 11.8 Å². The van der Waals surface area contributed by atoms with Gasteiger partial charge >= 0.3 is 0 Å². The highest BCUT2D eigenvalue weighted by atomic mass is 16.2. The summed E-state index contributed by atoms with van der Waals surface area (Å²) in [6, 6.07) is 15.1. The molecule has 7 nitrogen and oxygen atoms in total. The molecule has 0 fully saturated rings. The van der Waals surface area contributed by atoms with Crippen LogP contribution in [-0.2, 0) is 0 Å². The Morgan fingerprint density at radius 2 is 0.900 bits per heavy atom. The second-order valence-electron chi connectivity index (χ2n) is 14.2. The van der Waals surface area contributed by atoms with E-state index >= 15 is 0 Å². The van der Waals surface area contributed by atoms with E-state index in [1.165, 1.54) is 0 Å². The van der Waals surface area contributed by atoms with Crippen LogP contribution in [0.5, 0.6) is 0 Å². The Balaban J connectivity index is 1.32. The van der Waals surface area contributed by atoms with Crippen LogP contribution in [0.2, 0.25) is 0 Å². The molecule has 0 N–H and O–H groups in total. The van der Waals surface area contributed by atoms with Crippen LogP contribution in [0.3, 0.4) is 0 Å². The lowest BCUT2D eigenvalue weighted by Crippen LogP contribution is -2.47. The van der Waals surface area contributed by atoms with Crippen LogP contribution in [0.1, 0.15) is 152 Å². The normalized spacial score (nSPS) is 14.8. The zero-order valence-corrected chi connectivity index (χ0v) is 29.6. The van der Waals surface area contributed by atoms with E-state index in [9.17, 15) is 19.2 Å². The number of carbonyl (C=O) groups is 4. The largest absolute Gasteiger partial charge is 0.282 e. The molecule has 2 heterocycles. The van der Waals surface area contributed by atoms with Gasteiger partial charge in [-0.2, -0.15) is 10.1 Å². The molecule has 0 saturated heterocycles. The molecule has 7 rings (SSSR count). The third-order valence-corrected chi connectivity index (χ3v) is 10.9. The van der Waals surface area contributed by atoms with E-state index in [1.54, 1.807) is 23.2 Å². The van der Waals surface area contributed by atoms with Crippen molar-refractivity contribution < 1.29 is 19.2 Å². The number of amides is 4. The average Bonchev–Trinajstić information content (AvgIpc) is 3.13. The van der Waals surface area contributed by atoms with Crippen molar-refractivity contribution in [3.8, 4) is 0 Å². The van der Waals surface area contributed by atoms with Crippen LogP contribution < -0.4 is 0 Å². The van der Waals surface area contributed by atoms with E-state index in [0.29, 0.717) is 39.4 Å². The highest BCUT2D eigenvalue weighted by Crippen LogP contribution is 2.46. The summed E-state index contributed by atoms with van der Waals surface area (Å²) in [4.78, 5) is 57.7. The molecule has 0 aliphatic carbocycles. The number of imide groups is 2. The second kappa shape index (κ2) is 14.3. The van der Waals surface area contributed by atoms with Crippen molar-refractivity contribution in [3.63, 3.8) is 0 Å². The molecule has 0 spiro atoms. The van der Waals surface area contributed by atoms with Crippen LogP contribution >= 0.6 is 0 Å². The topological polar surface area (TPSA) is 87.1 Å². The fourth-order valence-corrected chi connectivity index (χ4v) is 8.35. The first-order chi connectivity index (χ1) is 24.4. The van der Waals surface area contributed by atoms with Gasteiger partial charge in [0.25, 0.3) is 23.6 Å². The molecule has 258 valence electrons. The third kappa shape index (κ3) is 5.55. The second-order valence-corrected chi connectivity index (χ2v) is 14.2. The van der Waals surface area contributed by atoms with E-state index in [-0.39, 0.29) is 17.9 Å². The lowest BCUT2D eigenvalue weighted by Gasteiger charge is -2.35.